The molecule has 0 fully saturated rings. The molecule has 1 rings (SSSR count). The predicted molar refractivity (Wildman–Crippen MR) is 181 cm³/mol. The monoisotopic (exact) mass is 684 g/mol. The van der Waals surface area contributed by atoms with Gasteiger partial charge in [-0.25, -0.2) is 4.79 Å². The largest absolute Gasteiger partial charge is 0.489 e. The fraction of sp³-hybridized carbons (Fsp3) is 0.625. The molecule has 0 radical (unpaired) electrons. The number of carboxylic acids is 1. The summed E-state index contributed by atoms with van der Waals surface area (Å²) in [5.74, 6) is -2.55. The van der Waals surface area contributed by atoms with E-state index >= 15 is 0 Å². The number of carbonyl (C=O) groups is 6. The van der Waals surface area contributed by atoms with Crippen LogP contribution in [-0.4, -0.2) is 90.8 Å². The minimum Gasteiger partial charge on any atom is -0.489 e. The van der Waals surface area contributed by atoms with Gasteiger partial charge in [-0.15, -0.1) is 0 Å². The molecule has 1 atom stereocenters. The normalized spacial score (nSPS) is 10.8. The first-order valence-electron chi connectivity index (χ1n) is 15.9. The third-order valence-corrected chi connectivity index (χ3v) is 5.73. The smallest absolute Gasteiger partial charge is 0.312 e. The molecule has 1 aromatic rings. The Morgan fingerprint density at radius 1 is 0.917 bits per heavy atom. The molecule has 5 amide bonds. The van der Waals surface area contributed by atoms with E-state index in [4.69, 9.17) is 25.4 Å². The number of esters is 1. The third-order valence-electron chi connectivity index (χ3n) is 5.73. The molecule has 1 aromatic carbocycles. The van der Waals surface area contributed by atoms with Gasteiger partial charge in [0, 0.05) is 19.0 Å². The zero-order chi connectivity index (χ0) is 37.2. The van der Waals surface area contributed by atoms with Gasteiger partial charge >= 0.3 is 18.0 Å². The van der Waals surface area contributed by atoms with E-state index in [0.717, 1.165) is 6.42 Å². The molecule has 0 saturated carbocycles. The number of hydrogen-bond donors (Lipinski definition) is 8. The third kappa shape index (κ3) is 23.8. The average molecular weight is 685 g/mol. The predicted octanol–water partition coefficient (Wildman–Crippen LogP) is 1.50. The molecule has 0 bridgehead atoms. The van der Waals surface area contributed by atoms with Crippen LogP contribution < -0.4 is 37.1 Å². The Labute approximate surface area is 283 Å². The highest BCUT2D eigenvalue weighted by Gasteiger charge is 2.24. The summed E-state index contributed by atoms with van der Waals surface area (Å²) in [5.41, 5.74) is 5.70. The van der Waals surface area contributed by atoms with Gasteiger partial charge in [-0.3, -0.25) is 24.0 Å². The van der Waals surface area contributed by atoms with Crippen molar-refractivity contribution < 1.29 is 48.5 Å². The number of rotatable bonds is 18. The van der Waals surface area contributed by atoms with Crippen molar-refractivity contribution in [3.8, 4) is 5.75 Å². The van der Waals surface area contributed by atoms with E-state index in [0.29, 0.717) is 17.8 Å². The summed E-state index contributed by atoms with van der Waals surface area (Å²) >= 11 is 0. The van der Waals surface area contributed by atoms with Crippen molar-refractivity contribution in [2.45, 2.75) is 86.9 Å². The summed E-state index contributed by atoms with van der Waals surface area (Å²) < 4.78 is 10.7. The number of benzene rings is 1. The number of primary amides is 1. The van der Waals surface area contributed by atoms with Crippen molar-refractivity contribution in [3.63, 3.8) is 0 Å². The molecule has 16 nitrogen and oxygen atoms in total. The second-order valence-corrected chi connectivity index (χ2v) is 11.3. The van der Waals surface area contributed by atoms with Gasteiger partial charge in [-0.05, 0) is 30.0 Å². The lowest BCUT2D eigenvalue weighted by Crippen LogP contribution is -2.52. The van der Waals surface area contributed by atoms with Crippen LogP contribution in [0.2, 0.25) is 0 Å². The minimum atomic E-state index is -0.796. The van der Waals surface area contributed by atoms with Crippen LogP contribution in [0.3, 0.4) is 0 Å². The van der Waals surface area contributed by atoms with Crippen LogP contribution in [0.5, 0.6) is 5.75 Å². The lowest BCUT2D eigenvalue weighted by Gasteiger charge is -2.22. The van der Waals surface area contributed by atoms with Crippen molar-refractivity contribution in [1.29, 1.82) is 0 Å². The molecule has 1 unspecified atom stereocenters. The van der Waals surface area contributed by atoms with Gasteiger partial charge in [0.1, 0.15) is 25.0 Å². The SMILES string of the molecule is CC(C)NCC(=O)NC(C(=O)NCC(=O)Nc1ccc(COC(=O)C(C)C)cc1OCCO)C(C)C.CCC(=O)O.CCCNC(N)=O. The Morgan fingerprint density at radius 2 is 1.54 bits per heavy atom. The second-order valence-electron chi connectivity index (χ2n) is 11.3. The van der Waals surface area contributed by atoms with E-state index in [1.807, 2.05) is 20.8 Å². The Morgan fingerprint density at radius 3 is 2.00 bits per heavy atom. The first-order valence-corrected chi connectivity index (χ1v) is 15.9. The maximum Gasteiger partial charge on any atom is 0.312 e. The summed E-state index contributed by atoms with van der Waals surface area (Å²) in [6.45, 7) is 14.7. The van der Waals surface area contributed by atoms with Crippen LogP contribution in [0.4, 0.5) is 10.5 Å². The number of hydrogen-bond acceptors (Lipinski definition) is 10. The number of carboxylic acid groups (broad SMARTS) is 1. The van der Waals surface area contributed by atoms with Crippen molar-refractivity contribution in [2.24, 2.45) is 17.6 Å². The van der Waals surface area contributed by atoms with E-state index < -0.39 is 29.9 Å². The number of ether oxygens (including phenoxy) is 2. The summed E-state index contributed by atoms with van der Waals surface area (Å²) in [6.07, 6.45) is 1.16. The van der Waals surface area contributed by atoms with Gasteiger partial charge in [0.2, 0.25) is 17.7 Å². The van der Waals surface area contributed by atoms with Gasteiger partial charge < -0.3 is 52.0 Å². The van der Waals surface area contributed by atoms with Crippen molar-refractivity contribution in [3.05, 3.63) is 23.8 Å². The number of urea groups is 1. The van der Waals surface area contributed by atoms with Gasteiger partial charge in [0.05, 0.1) is 31.3 Å². The standard InChI is InChI=1S/C25H40N4O7.C4H10N2O.C3H6O2/c1-15(2)23(29-22(32)12-26-17(5)6)24(33)27-13-21(31)28-19-8-7-18(11-20(19)35-10-9-30)14-36-25(34)16(3)4;1-2-3-6-4(5)7;1-2-3(4)5/h7-8,11,15-17,23,26,30H,9-10,12-14H2,1-6H3,(H,27,33)(H,28,31)(H,29,32);2-3H2,1H3,(H3,5,6,7);2H2,1H3,(H,4,5). The summed E-state index contributed by atoms with van der Waals surface area (Å²) in [5, 5.41) is 30.1. The maximum atomic E-state index is 12.6. The number of amides is 5. The maximum absolute atomic E-state index is 12.6. The lowest BCUT2D eigenvalue weighted by atomic mass is 10.0. The number of nitrogens with two attached hydrogens (primary N) is 1. The summed E-state index contributed by atoms with van der Waals surface area (Å²) in [6, 6.07) is 3.75. The van der Waals surface area contributed by atoms with E-state index in [1.165, 1.54) is 0 Å². The van der Waals surface area contributed by atoms with Gasteiger partial charge in [-0.2, -0.15) is 0 Å². The quantitative estimate of drug-likeness (QED) is 0.103. The zero-order valence-electron chi connectivity index (χ0n) is 29.4. The van der Waals surface area contributed by atoms with Crippen LogP contribution in [0.1, 0.15) is 73.8 Å². The molecule has 0 aliphatic carbocycles. The molecule has 48 heavy (non-hydrogen) atoms. The van der Waals surface area contributed by atoms with E-state index in [2.05, 4.69) is 26.6 Å². The summed E-state index contributed by atoms with van der Waals surface area (Å²) in [4.78, 5) is 68.2. The topological polar surface area (TPSA) is 248 Å². The molecule has 0 saturated heterocycles. The Kier molecular flexibility index (Phi) is 25.3. The Hall–Kier alpha value is -4.44. The number of nitrogens with one attached hydrogen (secondary N) is 5. The van der Waals surface area contributed by atoms with Gasteiger partial charge in [0.15, 0.2) is 0 Å². The fourth-order valence-corrected chi connectivity index (χ4v) is 3.13. The Balaban J connectivity index is 0. The highest BCUT2D eigenvalue weighted by Crippen LogP contribution is 2.26. The highest BCUT2D eigenvalue weighted by atomic mass is 16.5. The molecular weight excluding hydrogens is 628 g/mol. The molecule has 274 valence electrons. The molecule has 0 spiro atoms. The van der Waals surface area contributed by atoms with Crippen LogP contribution in [-0.2, 0) is 35.3 Å². The molecule has 9 N–H and O–H groups in total. The number of carbonyl (C=O) groups excluding carboxylic acids is 5. The van der Waals surface area contributed by atoms with Crippen molar-refractivity contribution in [2.75, 3.05) is 38.2 Å². The van der Waals surface area contributed by atoms with Crippen LogP contribution in [0, 0.1) is 11.8 Å². The first-order chi connectivity index (χ1) is 22.5. The highest BCUT2D eigenvalue weighted by molar-refractivity contribution is 5.97. The fourth-order valence-electron chi connectivity index (χ4n) is 3.13. The van der Waals surface area contributed by atoms with E-state index in [1.54, 1.807) is 52.8 Å². The number of aliphatic carboxylic acids is 1. The molecular formula is C32H56N6O10. The Bertz CT molecular complexity index is 1140. The van der Waals surface area contributed by atoms with E-state index in [9.17, 15) is 28.8 Å². The molecule has 0 aromatic heterocycles. The van der Waals surface area contributed by atoms with Gasteiger partial charge in [0.25, 0.3) is 0 Å². The van der Waals surface area contributed by atoms with Crippen LogP contribution in [0.15, 0.2) is 18.2 Å². The molecule has 16 heteroatoms. The van der Waals surface area contributed by atoms with E-state index in [-0.39, 0.29) is 74.8 Å². The number of anilines is 1. The number of aliphatic hydroxyl groups is 1. The molecule has 0 heterocycles. The van der Waals surface area contributed by atoms with Crippen LogP contribution in [0.25, 0.3) is 0 Å². The number of aliphatic hydroxyl groups excluding tert-OH is 1. The molecule has 0 aliphatic rings. The zero-order valence-corrected chi connectivity index (χ0v) is 29.4. The first kappa shape index (κ1) is 45.7. The summed E-state index contributed by atoms with van der Waals surface area (Å²) in [7, 11) is 0. The van der Waals surface area contributed by atoms with Crippen LogP contribution >= 0.6 is 0 Å². The van der Waals surface area contributed by atoms with Crippen molar-refractivity contribution in [1.82, 2.24) is 21.3 Å². The lowest BCUT2D eigenvalue weighted by molar-refractivity contribution is -0.148. The molecule has 0 aliphatic heterocycles. The minimum absolute atomic E-state index is 0.00370. The average Bonchev–Trinajstić information content (AvgIpc) is 3.02. The van der Waals surface area contributed by atoms with Crippen molar-refractivity contribution >= 4 is 41.4 Å². The second kappa shape index (κ2) is 26.6. The van der Waals surface area contributed by atoms with Gasteiger partial charge in [-0.1, -0.05) is 61.5 Å².